The number of benzene rings is 2. The second kappa shape index (κ2) is 11.2. The first kappa shape index (κ1) is 25.3. The van der Waals surface area contributed by atoms with Crippen LogP contribution >= 0.6 is 11.6 Å². The van der Waals surface area contributed by atoms with Gasteiger partial charge in [-0.05, 0) is 61.7 Å². The van der Waals surface area contributed by atoms with Crippen LogP contribution in [0.2, 0.25) is 5.02 Å². The van der Waals surface area contributed by atoms with Crippen molar-refractivity contribution >= 4 is 33.2 Å². The Kier molecular flexibility index (Phi) is 8.62. The van der Waals surface area contributed by atoms with Gasteiger partial charge in [0.1, 0.15) is 11.8 Å². The van der Waals surface area contributed by atoms with E-state index in [9.17, 15) is 13.2 Å². The second-order valence-electron chi connectivity index (χ2n) is 8.32. The van der Waals surface area contributed by atoms with Crippen molar-refractivity contribution in [3.8, 4) is 5.75 Å². The van der Waals surface area contributed by atoms with E-state index in [2.05, 4.69) is 22.3 Å². The van der Waals surface area contributed by atoms with Crippen molar-refractivity contribution in [2.24, 2.45) is 0 Å². The molecule has 0 aromatic heterocycles. The van der Waals surface area contributed by atoms with Crippen molar-refractivity contribution < 1.29 is 17.9 Å². The molecule has 0 saturated carbocycles. The lowest BCUT2D eigenvalue weighted by molar-refractivity contribution is -0.122. The number of carbonyl (C=O) groups excluding carboxylic acids is 1. The zero-order chi connectivity index (χ0) is 24.0. The van der Waals surface area contributed by atoms with Gasteiger partial charge in [0.05, 0.1) is 24.1 Å². The molecule has 1 saturated heterocycles. The van der Waals surface area contributed by atoms with Crippen LogP contribution in [0.1, 0.15) is 37.3 Å². The van der Waals surface area contributed by atoms with Gasteiger partial charge in [-0.3, -0.25) is 14.0 Å². The third kappa shape index (κ3) is 6.62. The van der Waals surface area contributed by atoms with Crippen LogP contribution in [-0.4, -0.2) is 51.7 Å². The van der Waals surface area contributed by atoms with E-state index in [1.807, 2.05) is 12.1 Å². The van der Waals surface area contributed by atoms with Crippen molar-refractivity contribution in [2.45, 2.75) is 45.3 Å². The van der Waals surface area contributed by atoms with Gasteiger partial charge in [0.25, 0.3) is 0 Å². The number of methoxy groups -OCH3 is 1. The third-order valence-corrected chi connectivity index (χ3v) is 7.26. The van der Waals surface area contributed by atoms with Gasteiger partial charge in [0.15, 0.2) is 0 Å². The van der Waals surface area contributed by atoms with E-state index < -0.39 is 16.1 Å². The summed E-state index contributed by atoms with van der Waals surface area (Å²) < 4.78 is 31.6. The second-order valence-corrected chi connectivity index (χ2v) is 10.6. The normalized spacial score (nSPS) is 15.3. The molecule has 33 heavy (non-hydrogen) atoms. The number of sulfonamides is 1. The van der Waals surface area contributed by atoms with Crippen molar-refractivity contribution in [1.29, 1.82) is 0 Å². The Labute approximate surface area is 201 Å². The zero-order valence-corrected chi connectivity index (χ0v) is 21.0. The van der Waals surface area contributed by atoms with Crippen LogP contribution in [0.4, 0.5) is 5.69 Å². The number of hydrogen-bond donors (Lipinski definition) is 1. The molecule has 1 amide bonds. The standard InChI is InChI=1S/C24H32ClN3O4S/c1-4-22(28(33(3,30)31)20-10-11-23(32-2)21(25)15-20)24(29)26-16-18-8-7-9-19(14-18)17-27-12-5-6-13-27/h7-11,14-15,22H,4-6,12-13,16-17H2,1-3H3,(H,26,29). The lowest BCUT2D eigenvalue weighted by Gasteiger charge is -2.30. The summed E-state index contributed by atoms with van der Waals surface area (Å²) in [4.78, 5) is 15.5. The van der Waals surface area contributed by atoms with Crippen LogP contribution in [0.5, 0.6) is 5.75 Å². The molecule has 0 radical (unpaired) electrons. The molecule has 1 aliphatic rings. The predicted molar refractivity (Wildman–Crippen MR) is 132 cm³/mol. The molecular weight excluding hydrogens is 462 g/mol. The zero-order valence-electron chi connectivity index (χ0n) is 19.4. The van der Waals surface area contributed by atoms with E-state index in [0.717, 1.165) is 35.8 Å². The molecule has 2 aromatic carbocycles. The predicted octanol–water partition coefficient (Wildman–Crippen LogP) is 3.81. The molecule has 1 unspecified atom stereocenters. The van der Waals surface area contributed by atoms with E-state index >= 15 is 0 Å². The monoisotopic (exact) mass is 493 g/mol. The summed E-state index contributed by atoms with van der Waals surface area (Å²) in [6.07, 6.45) is 3.87. The van der Waals surface area contributed by atoms with E-state index in [-0.39, 0.29) is 10.9 Å². The molecule has 0 aliphatic carbocycles. The molecule has 1 N–H and O–H groups in total. The number of hydrogen-bond acceptors (Lipinski definition) is 5. The number of amides is 1. The first-order valence-corrected chi connectivity index (χ1v) is 13.4. The summed E-state index contributed by atoms with van der Waals surface area (Å²) in [6.45, 7) is 5.25. The van der Waals surface area contributed by atoms with Gasteiger partial charge in [0.2, 0.25) is 15.9 Å². The number of carbonyl (C=O) groups is 1. The highest BCUT2D eigenvalue weighted by atomic mass is 35.5. The van der Waals surface area contributed by atoms with Crippen molar-refractivity contribution in [3.05, 3.63) is 58.6 Å². The van der Waals surface area contributed by atoms with Crippen LogP contribution in [-0.2, 0) is 27.9 Å². The van der Waals surface area contributed by atoms with E-state index in [1.54, 1.807) is 19.1 Å². The number of ether oxygens (including phenoxy) is 1. The van der Waals surface area contributed by atoms with Gasteiger partial charge in [-0.15, -0.1) is 0 Å². The average Bonchev–Trinajstić information content (AvgIpc) is 3.28. The molecule has 3 rings (SSSR count). The fraction of sp³-hybridized carbons (Fsp3) is 0.458. The molecular formula is C24H32ClN3O4S. The lowest BCUT2D eigenvalue weighted by atomic mass is 10.1. The highest BCUT2D eigenvalue weighted by molar-refractivity contribution is 7.92. The summed E-state index contributed by atoms with van der Waals surface area (Å²) in [7, 11) is -2.26. The molecule has 180 valence electrons. The fourth-order valence-corrected chi connectivity index (χ4v) is 5.65. The van der Waals surface area contributed by atoms with Crippen LogP contribution in [0.3, 0.4) is 0 Å². The Morgan fingerprint density at radius 3 is 2.48 bits per heavy atom. The van der Waals surface area contributed by atoms with Crippen LogP contribution < -0.4 is 14.4 Å². The molecule has 7 nitrogen and oxygen atoms in total. The smallest absolute Gasteiger partial charge is 0.244 e. The Balaban J connectivity index is 1.74. The van der Waals surface area contributed by atoms with Crippen molar-refractivity contribution in [3.63, 3.8) is 0 Å². The van der Waals surface area contributed by atoms with E-state index in [0.29, 0.717) is 24.4 Å². The maximum atomic E-state index is 13.1. The maximum absolute atomic E-state index is 13.1. The Bertz CT molecular complexity index is 1070. The van der Waals surface area contributed by atoms with E-state index in [1.165, 1.54) is 31.6 Å². The Morgan fingerprint density at radius 2 is 1.88 bits per heavy atom. The Morgan fingerprint density at radius 1 is 1.18 bits per heavy atom. The van der Waals surface area contributed by atoms with Crippen molar-refractivity contribution in [1.82, 2.24) is 10.2 Å². The molecule has 2 aromatic rings. The molecule has 1 fully saturated rings. The third-order valence-electron chi connectivity index (χ3n) is 5.78. The van der Waals surface area contributed by atoms with Crippen molar-refractivity contribution in [2.75, 3.05) is 30.8 Å². The summed E-state index contributed by atoms with van der Waals surface area (Å²) in [5.41, 5.74) is 2.51. The SMILES string of the molecule is CCC(C(=O)NCc1cccc(CN2CCCC2)c1)N(c1ccc(OC)c(Cl)c1)S(C)(=O)=O. The van der Waals surface area contributed by atoms with Gasteiger partial charge in [0, 0.05) is 13.1 Å². The number of anilines is 1. The van der Waals surface area contributed by atoms with Gasteiger partial charge in [-0.2, -0.15) is 0 Å². The molecule has 1 heterocycles. The van der Waals surface area contributed by atoms with E-state index in [4.69, 9.17) is 16.3 Å². The van der Waals surface area contributed by atoms with Gasteiger partial charge < -0.3 is 10.1 Å². The molecule has 0 bridgehead atoms. The summed E-state index contributed by atoms with van der Waals surface area (Å²) in [5, 5.41) is 3.19. The minimum atomic E-state index is -3.75. The van der Waals surface area contributed by atoms with Crippen LogP contribution in [0.25, 0.3) is 0 Å². The first-order chi connectivity index (χ1) is 15.7. The summed E-state index contributed by atoms with van der Waals surface area (Å²) in [6, 6.07) is 11.9. The minimum Gasteiger partial charge on any atom is -0.495 e. The molecule has 1 aliphatic heterocycles. The van der Waals surface area contributed by atoms with Gasteiger partial charge in [-0.25, -0.2) is 8.42 Å². The Hall–Kier alpha value is -2.29. The van der Waals surface area contributed by atoms with Crippen LogP contribution in [0, 0.1) is 0 Å². The highest BCUT2D eigenvalue weighted by Crippen LogP contribution is 2.31. The number of rotatable bonds is 10. The number of nitrogens with zero attached hydrogens (tertiary/aromatic N) is 2. The average molecular weight is 494 g/mol. The maximum Gasteiger partial charge on any atom is 0.244 e. The topological polar surface area (TPSA) is 79.0 Å². The number of likely N-dealkylation sites (tertiary alicyclic amines) is 1. The fourth-order valence-electron chi connectivity index (χ4n) is 4.20. The van der Waals surface area contributed by atoms with Crippen LogP contribution in [0.15, 0.2) is 42.5 Å². The quantitative estimate of drug-likeness (QED) is 0.544. The highest BCUT2D eigenvalue weighted by Gasteiger charge is 2.31. The lowest BCUT2D eigenvalue weighted by Crippen LogP contribution is -2.49. The van der Waals surface area contributed by atoms with Gasteiger partial charge >= 0.3 is 0 Å². The molecule has 1 atom stereocenters. The number of halogens is 1. The molecule has 9 heteroatoms. The number of nitrogens with one attached hydrogen (secondary N) is 1. The summed E-state index contributed by atoms with van der Waals surface area (Å²) >= 11 is 6.22. The first-order valence-electron chi connectivity index (χ1n) is 11.1. The largest absolute Gasteiger partial charge is 0.495 e. The minimum absolute atomic E-state index is 0.272. The summed E-state index contributed by atoms with van der Waals surface area (Å²) in [5.74, 6) is 0.0694. The molecule has 0 spiro atoms. The van der Waals surface area contributed by atoms with Gasteiger partial charge in [-0.1, -0.05) is 42.8 Å².